The maximum Gasteiger partial charge on any atom is 0.305 e. The molecule has 316 valence electrons. The molecule has 1 aromatic heterocycles. The van der Waals surface area contributed by atoms with Crippen LogP contribution in [0.5, 0.6) is 0 Å². The molecule has 2 aromatic carbocycles. The van der Waals surface area contributed by atoms with Gasteiger partial charge in [0.2, 0.25) is 35.4 Å². The molecule has 58 heavy (non-hydrogen) atoms. The van der Waals surface area contributed by atoms with Crippen LogP contribution in [0.3, 0.4) is 0 Å². The van der Waals surface area contributed by atoms with Gasteiger partial charge in [0, 0.05) is 29.9 Å². The number of carbonyl (C=O) groups excluding carboxylic acids is 6. The Balaban J connectivity index is 1.88. The molecule has 11 N–H and O–H groups in total. The first kappa shape index (κ1) is 46.6. The molecular formula is C42H60N8O8. The molecule has 0 bridgehead atoms. The van der Waals surface area contributed by atoms with Gasteiger partial charge < -0.3 is 48.1 Å². The van der Waals surface area contributed by atoms with Gasteiger partial charge in [-0.05, 0) is 36.5 Å². The first-order valence-electron chi connectivity index (χ1n) is 20.1. The third-order valence-corrected chi connectivity index (χ3v) is 9.85. The predicted octanol–water partition coefficient (Wildman–Crippen LogP) is 2.24. The quantitative estimate of drug-likeness (QED) is 0.0575. The van der Waals surface area contributed by atoms with Crippen molar-refractivity contribution in [2.45, 2.75) is 134 Å². The van der Waals surface area contributed by atoms with Crippen molar-refractivity contribution in [1.82, 2.24) is 31.6 Å². The molecule has 0 radical (unpaired) electrons. The van der Waals surface area contributed by atoms with E-state index in [1.807, 2.05) is 45.0 Å². The SMILES string of the molecule is CCCC[C@H](NC(=O)[C@H](Cc1c[nH]c2ccccc12)NC(=O)[C@H](CCCC)NC(=O)[C@@H](N)CCCC)C(=O)N[C@@H](CC(=O)O)C(=O)N[C@@H](Cc1ccccc1)C(N)=O. The van der Waals surface area contributed by atoms with Crippen LogP contribution < -0.4 is 38.1 Å². The number of hydrogen-bond acceptors (Lipinski definition) is 8. The Morgan fingerprint density at radius 2 is 1.09 bits per heavy atom. The standard InChI is InChI=1S/C42H60N8O8/c1-4-7-18-29(43)38(54)46-31(19-8-5-2)39(55)49-34(23-27-25-45-30-21-14-13-17-28(27)30)41(57)47-32(20-9-6-3)40(56)50-35(24-36(51)52)42(58)48-33(37(44)53)22-26-15-11-10-12-16-26/h10-17,21,25,29,31-35,45H,4-9,18-20,22-24,43H2,1-3H3,(H2,44,53)(H,46,54)(H,47,57)(H,48,58)(H,49,55)(H,50,56)(H,51,52)/t29-,31-,32-,33-,34-,35-/m0/s1. The first-order chi connectivity index (χ1) is 27.8. The molecule has 0 spiro atoms. The molecule has 0 aliphatic carbocycles. The number of aromatic nitrogens is 1. The Bertz CT molecular complexity index is 1830. The van der Waals surface area contributed by atoms with Crippen LogP contribution in [0.25, 0.3) is 10.9 Å². The number of fused-ring (bicyclic) bond motifs is 1. The number of amides is 6. The van der Waals surface area contributed by atoms with Gasteiger partial charge in [-0.25, -0.2) is 0 Å². The van der Waals surface area contributed by atoms with Gasteiger partial charge in [-0.3, -0.25) is 33.6 Å². The smallest absolute Gasteiger partial charge is 0.305 e. The summed E-state index contributed by atoms with van der Waals surface area (Å²) < 4.78 is 0. The van der Waals surface area contributed by atoms with Gasteiger partial charge in [0.05, 0.1) is 12.5 Å². The van der Waals surface area contributed by atoms with Gasteiger partial charge in [0.25, 0.3) is 0 Å². The zero-order chi connectivity index (χ0) is 42.6. The molecule has 6 amide bonds. The fraction of sp³-hybridized carbons (Fsp3) is 0.500. The summed E-state index contributed by atoms with van der Waals surface area (Å²) >= 11 is 0. The van der Waals surface area contributed by atoms with E-state index in [1.165, 1.54) is 0 Å². The molecule has 3 rings (SSSR count). The highest BCUT2D eigenvalue weighted by Gasteiger charge is 2.34. The molecule has 1 heterocycles. The number of unbranched alkanes of at least 4 members (excludes halogenated alkanes) is 3. The second kappa shape index (κ2) is 24.1. The Kier molecular flexibility index (Phi) is 19.4. The monoisotopic (exact) mass is 804 g/mol. The first-order valence-corrected chi connectivity index (χ1v) is 20.1. The number of carboxylic acids is 1. The van der Waals surface area contributed by atoms with E-state index < -0.39 is 84.1 Å². The minimum Gasteiger partial charge on any atom is -0.481 e. The maximum absolute atomic E-state index is 14.2. The molecule has 0 fully saturated rings. The summed E-state index contributed by atoms with van der Waals surface area (Å²) in [5.74, 6) is -5.83. The highest BCUT2D eigenvalue weighted by Crippen LogP contribution is 2.20. The lowest BCUT2D eigenvalue weighted by molar-refractivity contribution is -0.141. The van der Waals surface area contributed by atoms with Crippen LogP contribution in [-0.4, -0.2) is 87.8 Å². The average Bonchev–Trinajstić information content (AvgIpc) is 3.61. The number of benzene rings is 2. The fourth-order valence-corrected chi connectivity index (χ4v) is 6.46. The summed E-state index contributed by atoms with van der Waals surface area (Å²) in [5.41, 5.74) is 13.9. The van der Waals surface area contributed by atoms with E-state index in [1.54, 1.807) is 36.5 Å². The minimum absolute atomic E-state index is 0.00806. The van der Waals surface area contributed by atoms with E-state index in [4.69, 9.17) is 11.5 Å². The van der Waals surface area contributed by atoms with Crippen molar-refractivity contribution in [2.24, 2.45) is 11.5 Å². The molecule has 16 heteroatoms. The number of H-pyrrole nitrogens is 1. The van der Waals surface area contributed by atoms with Gasteiger partial charge >= 0.3 is 5.97 Å². The van der Waals surface area contributed by atoms with Crippen LogP contribution in [0.2, 0.25) is 0 Å². The molecular weight excluding hydrogens is 745 g/mol. The van der Waals surface area contributed by atoms with Crippen LogP contribution in [0, 0.1) is 0 Å². The van der Waals surface area contributed by atoms with Crippen molar-refractivity contribution in [2.75, 3.05) is 0 Å². The Morgan fingerprint density at radius 1 is 0.603 bits per heavy atom. The Morgan fingerprint density at radius 3 is 1.67 bits per heavy atom. The fourth-order valence-electron chi connectivity index (χ4n) is 6.46. The summed E-state index contributed by atoms with van der Waals surface area (Å²) in [6.07, 6.45) is 5.85. The van der Waals surface area contributed by atoms with Crippen LogP contribution in [0.1, 0.15) is 96.1 Å². The number of para-hydroxylation sites is 1. The van der Waals surface area contributed by atoms with Crippen molar-refractivity contribution in [1.29, 1.82) is 0 Å². The number of aromatic amines is 1. The van der Waals surface area contributed by atoms with Gasteiger partial charge in [-0.15, -0.1) is 0 Å². The number of aliphatic carboxylic acids is 1. The molecule has 0 aliphatic rings. The van der Waals surface area contributed by atoms with E-state index in [2.05, 4.69) is 31.6 Å². The van der Waals surface area contributed by atoms with Crippen molar-refractivity contribution >= 4 is 52.3 Å². The van der Waals surface area contributed by atoms with E-state index in [9.17, 15) is 38.7 Å². The molecule has 0 saturated heterocycles. The predicted molar refractivity (Wildman–Crippen MR) is 220 cm³/mol. The third kappa shape index (κ3) is 15.0. The summed E-state index contributed by atoms with van der Waals surface area (Å²) in [6, 6.07) is 9.07. The molecule has 16 nitrogen and oxygen atoms in total. The van der Waals surface area contributed by atoms with Crippen LogP contribution in [0.4, 0.5) is 0 Å². The zero-order valence-corrected chi connectivity index (χ0v) is 33.7. The van der Waals surface area contributed by atoms with Crippen LogP contribution in [-0.2, 0) is 46.4 Å². The van der Waals surface area contributed by atoms with E-state index in [0.29, 0.717) is 43.2 Å². The Labute approximate surface area is 339 Å². The lowest BCUT2D eigenvalue weighted by Crippen LogP contribution is -2.60. The van der Waals surface area contributed by atoms with E-state index >= 15 is 0 Å². The topological polar surface area (TPSA) is 268 Å². The average molecular weight is 805 g/mol. The second-order valence-electron chi connectivity index (χ2n) is 14.6. The highest BCUT2D eigenvalue weighted by atomic mass is 16.4. The summed E-state index contributed by atoms with van der Waals surface area (Å²) in [5, 5.41) is 23.7. The summed E-state index contributed by atoms with van der Waals surface area (Å²) in [4.78, 5) is 95.8. The normalized spacial score (nSPS) is 14.2. The molecule has 0 aliphatic heterocycles. The van der Waals surface area contributed by atoms with Gasteiger partial charge in [0.15, 0.2) is 0 Å². The van der Waals surface area contributed by atoms with Crippen molar-refractivity contribution in [3.8, 4) is 0 Å². The zero-order valence-electron chi connectivity index (χ0n) is 33.7. The lowest BCUT2D eigenvalue weighted by atomic mass is 10.0. The molecule has 0 unspecified atom stereocenters. The largest absolute Gasteiger partial charge is 0.481 e. The minimum atomic E-state index is -1.63. The number of carbonyl (C=O) groups is 7. The van der Waals surface area contributed by atoms with Gasteiger partial charge in [-0.1, -0.05) is 108 Å². The van der Waals surface area contributed by atoms with Crippen LogP contribution in [0.15, 0.2) is 60.8 Å². The molecule has 6 atom stereocenters. The molecule has 3 aromatic rings. The number of nitrogens with one attached hydrogen (secondary N) is 6. The maximum atomic E-state index is 14.2. The number of carboxylic acid groups (broad SMARTS) is 1. The highest BCUT2D eigenvalue weighted by molar-refractivity contribution is 5.98. The lowest BCUT2D eigenvalue weighted by Gasteiger charge is -2.27. The van der Waals surface area contributed by atoms with Gasteiger partial charge in [-0.2, -0.15) is 0 Å². The van der Waals surface area contributed by atoms with E-state index in [0.717, 1.165) is 30.2 Å². The van der Waals surface area contributed by atoms with Crippen molar-refractivity contribution in [3.63, 3.8) is 0 Å². The molecule has 0 saturated carbocycles. The number of primary amides is 1. The Hall–Kier alpha value is -5.77. The third-order valence-electron chi connectivity index (χ3n) is 9.85. The summed E-state index contributed by atoms with van der Waals surface area (Å²) in [7, 11) is 0. The second-order valence-corrected chi connectivity index (χ2v) is 14.6. The van der Waals surface area contributed by atoms with E-state index in [-0.39, 0.29) is 19.3 Å². The number of rotatable bonds is 26. The van der Waals surface area contributed by atoms with Gasteiger partial charge in [0.1, 0.15) is 30.2 Å². The van der Waals surface area contributed by atoms with Crippen molar-refractivity contribution in [3.05, 3.63) is 71.9 Å². The number of hydrogen-bond donors (Lipinski definition) is 9. The van der Waals surface area contributed by atoms with Crippen molar-refractivity contribution < 1.29 is 38.7 Å². The van der Waals surface area contributed by atoms with Crippen LogP contribution >= 0.6 is 0 Å². The number of nitrogens with two attached hydrogens (primary N) is 2. The summed E-state index contributed by atoms with van der Waals surface area (Å²) in [6.45, 7) is 5.81.